The molecule has 0 heterocycles. The third-order valence-electron chi connectivity index (χ3n) is 4.93. The molecule has 0 saturated carbocycles. The van der Waals surface area contributed by atoms with E-state index >= 15 is 0 Å². The van der Waals surface area contributed by atoms with Gasteiger partial charge in [-0.25, -0.2) is 19.5 Å². The first-order valence-corrected chi connectivity index (χ1v) is 13.3. The molecule has 0 spiro atoms. The molecule has 2 aromatic carbocycles. The Morgan fingerprint density at radius 1 is 1.14 bits per heavy atom. The Bertz CT molecular complexity index is 828. The van der Waals surface area contributed by atoms with Crippen molar-refractivity contribution in [3.05, 3.63) is 59.7 Å². The minimum atomic E-state index is -1.04. The smallest absolute Gasteiger partial charge is 0.407 e. The first-order chi connectivity index (χ1) is 14.0. The lowest BCUT2D eigenvalue weighted by Gasteiger charge is -2.19. The van der Waals surface area contributed by atoms with E-state index in [1.54, 1.807) is 10.8 Å². The molecule has 0 radical (unpaired) electrons. The number of thiol groups is 1. The minimum absolute atomic E-state index is 0.0427. The predicted molar refractivity (Wildman–Crippen MR) is 122 cm³/mol. The number of ether oxygens (including phenoxy) is 1. The first kappa shape index (κ1) is 21.6. The molecule has 0 aliphatic heterocycles. The normalized spacial score (nSPS) is 15.2. The van der Waals surface area contributed by atoms with Crippen LogP contribution in [-0.2, 0) is 9.53 Å². The maximum Gasteiger partial charge on any atom is 0.407 e. The molecule has 3 rings (SSSR count). The summed E-state index contributed by atoms with van der Waals surface area (Å²) in [7, 11) is 1.34. The number of rotatable bonds is 9. The zero-order valence-electron chi connectivity index (χ0n) is 16.6. The highest BCUT2D eigenvalue weighted by atomic mass is 33.1. The number of fused-ring (bicyclic) bond motifs is 3. The molecule has 156 valence electrons. The van der Waals surface area contributed by atoms with Gasteiger partial charge in [0.25, 0.3) is 0 Å². The Balaban J connectivity index is 1.61. The lowest BCUT2D eigenvalue weighted by atomic mass is 9.98. The van der Waals surface area contributed by atoms with Gasteiger partial charge in [0.2, 0.25) is 0 Å². The highest BCUT2D eigenvalue weighted by molar-refractivity contribution is 8.85. The highest BCUT2D eigenvalue weighted by Crippen LogP contribution is 2.44. The van der Waals surface area contributed by atoms with Crippen LogP contribution >= 0.6 is 20.7 Å². The molecule has 1 aliphatic rings. The topological polar surface area (TPSA) is 75.6 Å². The maximum absolute atomic E-state index is 12.3. The number of carboxylic acid groups (broad SMARTS) is 1. The molecule has 1 aliphatic carbocycles. The summed E-state index contributed by atoms with van der Waals surface area (Å²) >= 11 is 0. The van der Waals surface area contributed by atoms with E-state index in [1.807, 2.05) is 24.3 Å². The van der Waals surface area contributed by atoms with Crippen LogP contribution in [0.5, 0.6) is 0 Å². The van der Waals surface area contributed by atoms with Gasteiger partial charge in [-0.3, -0.25) is 0 Å². The lowest BCUT2D eigenvalue weighted by molar-refractivity contribution is -0.138. The van der Waals surface area contributed by atoms with Gasteiger partial charge in [0.15, 0.2) is 0 Å². The van der Waals surface area contributed by atoms with Crippen LogP contribution in [0.2, 0.25) is 0 Å². The Morgan fingerprint density at radius 2 is 1.72 bits per heavy atom. The van der Waals surface area contributed by atoms with Gasteiger partial charge < -0.3 is 15.2 Å². The van der Waals surface area contributed by atoms with Crippen molar-refractivity contribution in [2.24, 2.45) is 0 Å². The molecule has 0 bridgehead atoms. The second kappa shape index (κ2) is 10.1. The molecular formula is C22H27NO4S2. The number of alkyl carbamates (subject to hydrolysis) is 1. The zero-order chi connectivity index (χ0) is 20.8. The molecule has 1 amide bonds. The Kier molecular flexibility index (Phi) is 7.50. The second-order valence-corrected chi connectivity index (χ2v) is 11.9. The van der Waals surface area contributed by atoms with Crippen molar-refractivity contribution in [2.45, 2.75) is 25.3 Å². The summed E-state index contributed by atoms with van der Waals surface area (Å²) in [4.78, 5) is 23.8. The van der Waals surface area contributed by atoms with E-state index in [9.17, 15) is 14.7 Å². The number of carbonyl (C=O) groups is 2. The molecule has 7 heteroatoms. The van der Waals surface area contributed by atoms with Crippen molar-refractivity contribution in [3.8, 4) is 11.1 Å². The minimum Gasteiger partial charge on any atom is -0.480 e. The van der Waals surface area contributed by atoms with Gasteiger partial charge in [-0.2, -0.15) is 0 Å². The fraction of sp³-hybridized carbons (Fsp3) is 0.364. The van der Waals surface area contributed by atoms with Crippen molar-refractivity contribution in [2.75, 3.05) is 24.4 Å². The SMILES string of the molecule is CCC[SH](C)SC[C@@H](NC(=O)OCC1c2ccccc2-c2ccccc21)C(=O)O. The van der Waals surface area contributed by atoms with Gasteiger partial charge in [-0.05, 0) is 40.7 Å². The van der Waals surface area contributed by atoms with Crippen molar-refractivity contribution in [1.29, 1.82) is 0 Å². The molecule has 0 aromatic heterocycles. The van der Waals surface area contributed by atoms with Gasteiger partial charge in [0.1, 0.15) is 12.6 Å². The van der Waals surface area contributed by atoms with Gasteiger partial charge in [0, 0.05) is 11.7 Å². The molecule has 2 N–H and O–H groups in total. The molecule has 2 aromatic rings. The van der Waals surface area contributed by atoms with E-state index < -0.39 is 18.1 Å². The summed E-state index contributed by atoms with van der Waals surface area (Å²) in [6.07, 6.45) is 2.53. The number of nitrogens with one attached hydrogen (secondary N) is 1. The van der Waals surface area contributed by atoms with E-state index in [1.165, 1.54) is 0 Å². The Morgan fingerprint density at radius 3 is 2.28 bits per heavy atom. The predicted octanol–water partition coefficient (Wildman–Crippen LogP) is 4.67. The number of amides is 1. The summed E-state index contributed by atoms with van der Waals surface area (Å²) in [6, 6.07) is 15.3. The van der Waals surface area contributed by atoms with Crippen LogP contribution < -0.4 is 5.32 Å². The van der Waals surface area contributed by atoms with Crippen LogP contribution in [-0.4, -0.2) is 47.6 Å². The largest absolute Gasteiger partial charge is 0.480 e. The monoisotopic (exact) mass is 433 g/mol. The Hall–Kier alpha value is -2.12. The van der Waals surface area contributed by atoms with E-state index in [0.717, 1.165) is 34.4 Å². The number of aliphatic carboxylic acids is 1. The molecule has 0 fully saturated rings. The number of hydrogen-bond donors (Lipinski definition) is 3. The van der Waals surface area contributed by atoms with Crippen molar-refractivity contribution < 1.29 is 19.4 Å². The van der Waals surface area contributed by atoms with Crippen LogP contribution in [0.4, 0.5) is 4.79 Å². The van der Waals surface area contributed by atoms with E-state index in [2.05, 4.69) is 42.8 Å². The number of carbonyl (C=O) groups excluding carboxylic acids is 1. The van der Waals surface area contributed by atoms with Gasteiger partial charge in [-0.1, -0.05) is 55.5 Å². The van der Waals surface area contributed by atoms with E-state index in [4.69, 9.17) is 4.74 Å². The second-order valence-electron chi connectivity index (χ2n) is 7.01. The van der Waals surface area contributed by atoms with Gasteiger partial charge in [0.05, 0.1) is 0 Å². The summed E-state index contributed by atoms with van der Waals surface area (Å²) in [5, 5.41) is 11.9. The third-order valence-corrected chi connectivity index (χ3v) is 9.25. The summed E-state index contributed by atoms with van der Waals surface area (Å²) in [6.45, 7) is 2.29. The highest BCUT2D eigenvalue weighted by Gasteiger charge is 2.29. The lowest BCUT2D eigenvalue weighted by Crippen LogP contribution is -2.43. The fourth-order valence-electron chi connectivity index (χ4n) is 3.54. The Labute approximate surface area is 178 Å². The quantitative estimate of drug-likeness (QED) is 0.396. The molecule has 2 atom stereocenters. The van der Waals surface area contributed by atoms with Crippen LogP contribution in [0.25, 0.3) is 11.1 Å². The number of carboxylic acids is 1. The summed E-state index contributed by atoms with van der Waals surface area (Å²) < 4.78 is 5.46. The molecule has 5 nitrogen and oxygen atoms in total. The number of hydrogen-bond acceptors (Lipinski definition) is 4. The number of benzene rings is 2. The van der Waals surface area contributed by atoms with Crippen LogP contribution in [0.3, 0.4) is 0 Å². The van der Waals surface area contributed by atoms with Crippen molar-refractivity contribution >= 4 is 32.8 Å². The van der Waals surface area contributed by atoms with Crippen molar-refractivity contribution in [1.82, 2.24) is 5.32 Å². The molecule has 1 unspecified atom stereocenters. The van der Waals surface area contributed by atoms with Crippen LogP contribution in [0.1, 0.15) is 30.4 Å². The molecule has 0 saturated heterocycles. The zero-order valence-corrected chi connectivity index (χ0v) is 18.3. The first-order valence-electron chi connectivity index (χ1n) is 9.69. The average Bonchev–Trinajstić information content (AvgIpc) is 3.03. The van der Waals surface area contributed by atoms with E-state index in [-0.39, 0.29) is 22.5 Å². The van der Waals surface area contributed by atoms with Crippen molar-refractivity contribution in [3.63, 3.8) is 0 Å². The molecule has 29 heavy (non-hydrogen) atoms. The maximum atomic E-state index is 12.3. The van der Waals surface area contributed by atoms with E-state index in [0.29, 0.717) is 5.75 Å². The standard InChI is InChI=1S/C22H27NO4S2/c1-3-12-29(2)28-14-20(21(24)25)23-22(26)27-13-19-17-10-6-4-8-15(17)16-9-5-7-11-18(16)19/h4-11,19-20,29H,3,12-14H2,1-2H3,(H,23,26)(H,24,25)/t20-/m1/s1. The fourth-order valence-corrected chi connectivity index (χ4v) is 7.07. The van der Waals surface area contributed by atoms with Gasteiger partial charge in [-0.15, -0.1) is 10.8 Å². The van der Waals surface area contributed by atoms with Crippen LogP contribution in [0, 0.1) is 0 Å². The van der Waals surface area contributed by atoms with Gasteiger partial charge >= 0.3 is 12.1 Å². The van der Waals surface area contributed by atoms with Crippen LogP contribution in [0.15, 0.2) is 48.5 Å². The summed E-state index contributed by atoms with van der Waals surface area (Å²) in [5.41, 5.74) is 4.57. The molecular weight excluding hydrogens is 406 g/mol. The summed E-state index contributed by atoms with van der Waals surface area (Å²) in [5.74, 6) is 0.351. The average molecular weight is 434 g/mol. The third kappa shape index (κ3) is 5.28.